The molecule has 0 spiro atoms. The van der Waals surface area contributed by atoms with Crippen molar-refractivity contribution in [2.45, 2.75) is 13.8 Å². The van der Waals surface area contributed by atoms with Crippen LogP contribution in [0.4, 0.5) is 4.39 Å². The van der Waals surface area contributed by atoms with Crippen LogP contribution < -0.4 is 5.43 Å². The van der Waals surface area contributed by atoms with Gasteiger partial charge in [0, 0.05) is 33.7 Å². The minimum absolute atomic E-state index is 0.304. The van der Waals surface area contributed by atoms with Crippen LogP contribution in [0.3, 0.4) is 0 Å². The number of hydrogen-bond donors (Lipinski definition) is 1. The number of benzene rings is 4. The number of aromatic nitrogens is 2. The zero-order valence-electron chi connectivity index (χ0n) is 22.2. The van der Waals surface area contributed by atoms with Crippen molar-refractivity contribution in [2.75, 3.05) is 0 Å². The first-order chi connectivity index (χ1) is 19.5. The number of carbonyl (C=O) groups is 1. The third-order valence-corrected chi connectivity index (χ3v) is 7.10. The summed E-state index contributed by atoms with van der Waals surface area (Å²) in [7, 11) is 0. The molecular weight excluding hydrogens is 499 g/mol. The second-order valence-electron chi connectivity index (χ2n) is 9.61. The number of para-hydroxylation sites is 2. The third-order valence-electron chi connectivity index (χ3n) is 7.10. The van der Waals surface area contributed by atoms with E-state index in [-0.39, 0.29) is 11.7 Å². The van der Waals surface area contributed by atoms with Crippen molar-refractivity contribution in [3.8, 4) is 22.6 Å². The van der Waals surface area contributed by atoms with Crippen molar-refractivity contribution in [1.29, 1.82) is 0 Å². The Balaban J connectivity index is 1.40. The molecule has 0 aliphatic carbocycles. The Morgan fingerprint density at radius 2 is 1.40 bits per heavy atom. The molecule has 5 nitrogen and oxygen atoms in total. The molecule has 0 bridgehead atoms. The maximum Gasteiger partial charge on any atom is 0.273 e. The zero-order chi connectivity index (χ0) is 27.6. The number of nitrogens with zero attached hydrogens (tertiary/aromatic N) is 3. The predicted octanol–water partition coefficient (Wildman–Crippen LogP) is 7.61. The Labute approximate surface area is 231 Å². The molecule has 196 valence electrons. The smallest absolute Gasteiger partial charge is 0.273 e. The Hall–Kier alpha value is -5.23. The molecule has 0 unspecified atom stereocenters. The van der Waals surface area contributed by atoms with Gasteiger partial charge in [-0.3, -0.25) is 4.79 Å². The van der Waals surface area contributed by atoms with Crippen LogP contribution in [0.15, 0.2) is 120 Å². The summed E-state index contributed by atoms with van der Waals surface area (Å²) in [5.41, 5.74) is 10.7. The van der Waals surface area contributed by atoms with E-state index in [1.807, 2.05) is 73.0 Å². The van der Waals surface area contributed by atoms with Crippen molar-refractivity contribution >= 4 is 23.0 Å². The molecule has 2 aromatic heterocycles. The van der Waals surface area contributed by atoms with Crippen LogP contribution in [0.25, 0.3) is 33.5 Å². The van der Waals surface area contributed by atoms with Gasteiger partial charge in [-0.2, -0.15) is 5.10 Å². The lowest BCUT2D eigenvalue weighted by Gasteiger charge is -2.12. The van der Waals surface area contributed by atoms with Gasteiger partial charge < -0.3 is 9.13 Å². The van der Waals surface area contributed by atoms with Crippen LogP contribution in [0.2, 0.25) is 0 Å². The molecule has 0 atom stereocenters. The second kappa shape index (κ2) is 10.5. The fourth-order valence-corrected chi connectivity index (χ4v) is 5.32. The number of carbonyl (C=O) groups excluding carboxylic acids is 1. The number of nitrogens with one attached hydrogen (secondary N) is 1. The summed E-state index contributed by atoms with van der Waals surface area (Å²) in [6.45, 7) is 3.79. The van der Waals surface area contributed by atoms with Crippen LogP contribution in [0, 0.1) is 19.7 Å². The van der Waals surface area contributed by atoms with Gasteiger partial charge in [0.25, 0.3) is 5.91 Å². The molecule has 2 heterocycles. The minimum atomic E-state index is -0.314. The summed E-state index contributed by atoms with van der Waals surface area (Å²) in [5.74, 6) is -0.618. The topological polar surface area (TPSA) is 51.3 Å². The van der Waals surface area contributed by atoms with Crippen LogP contribution in [-0.2, 0) is 0 Å². The van der Waals surface area contributed by atoms with Crippen molar-refractivity contribution in [1.82, 2.24) is 14.6 Å². The van der Waals surface area contributed by atoms with Gasteiger partial charge >= 0.3 is 0 Å². The first-order valence-corrected chi connectivity index (χ1v) is 13.1. The van der Waals surface area contributed by atoms with Gasteiger partial charge in [-0.1, -0.05) is 66.7 Å². The molecule has 0 saturated carbocycles. The summed E-state index contributed by atoms with van der Waals surface area (Å²) in [5, 5.41) is 5.45. The highest BCUT2D eigenvalue weighted by molar-refractivity contribution is 6.08. The van der Waals surface area contributed by atoms with E-state index in [1.54, 1.807) is 18.3 Å². The average Bonchev–Trinajstić information content (AvgIpc) is 3.48. The average molecular weight is 527 g/mol. The van der Waals surface area contributed by atoms with E-state index in [4.69, 9.17) is 0 Å². The van der Waals surface area contributed by atoms with Crippen LogP contribution >= 0.6 is 0 Å². The number of halogens is 1. The Morgan fingerprint density at radius 3 is 2.12 bits per heavy atom. The highest BCUT2D eigenvalue weighted by Gasteiger charge is 2.20. The monoisotopic (exact) mass is 526 g/mol. The normalized spacial score (nSPS) is 11.4. The fourth-order valence-electron chi connectivity index (χ4n) is 5.32. The highest BCUT2D eigenvalue weighted by Crippen LogP contribution is 2.35. The van der Waals surface area contributed by atoms with Gasteiger partial charge in [-0.05, 0) is 67.9 Å². The Morgan fingerprint density at radius 1 is 0.775 bits per heavy atom. The highest BCUT2D eigenvalue weighted by atomic mass is 19.1. The molecule has 6 rings (SSSR count). The Kier molecular flexibility index (Phi) is 6.58. The third kappa shape index (κ3) is 4.50. The lowest BCUT2D eigenvalue weighted by Crippen LogP contribution is -2.18. The molecule has 0 saturated heterocycles. The first kappa shape index (κ1) is 25.1. The molecule has 40 heavy (non-hydrogen) atoms. The number of rotatable bonds is 6. The second-order valence-corrected chi connectivity index (χ2v) is 9.61. The quantitative estimate of drug-likeness (QED) is 0.176. The summed E-state index contributed by atoms with van der Waals surface area (Å²) in [6.07, 6.45) is 1.72. The lowest BCUT2D eigenvalue weighted by atomic mass is 10.1. The first-order valence-electron chi connectivity index (χ1n) is 13.1. The van der Waals surface area contributed by atoms with Gasteiger partial charge in [-0.15, -0.1) is 0 Å². The van der Waals surface area contributed by atoms with Crippen LogP contribution in [0.1, 0.15) is 27.3 Å². The van der Waals surface area contributed by atoms with Crippen LogP contribution in [-0.4, -0.2) is 21.3 Å². The van der Waals surface area contributed by atoms with Crippen molar-refractivity contribution < 1.29 is 9.18 Å². The number of hydrogen-bond acceptors (Lipinski definition) is 2. The van der Waals surface area contributed by atoms with Gasteiger partial charge in [0.15, 0.2) is 0 Å². The zero-order valence-corrected chi connectivity index (χ0v) is 22.2. The van der Waals surface area contributed by atoms with E-state index < -0.39 is 0 Å². The van der Waals surface area contributed by atoms with E-state index in [0.29, 0.717) is 5.56 Å². The van der Waals surface area contributed by atoms with Crippen molar-refractivity contribution in [3.63, 3.8) is 0 Å². The molecule has 0 aliphatic rings. The summed E-state index contributed by atoms with van der Waals surface area (Å²) >= 11 is 0. The van der Waals surface area contributed by atoms with Gasteiger partial charge in [-0.25, -0.2) is 9.82 Å². The van der Waals surface area contributed by atoms with Crippen LogP contribution in [0.5, 0.6) is 0 Å². The number of hydrazone groups is 1. The predicted molar refractivity (Wildman–Crippen MR) is 159 cm³/mol. The van der Waals surface area contributed by atoms with E-state index in [9.17, 15) is 9.18 Å². The molecule has 0 aliphatic heterocycles. The molecule has 6 aromatic rings. The van der Waals surface area contributed by atoms with E-state index >= 15 is 0 Å². The largest absolute Gasteiger partial charge is 0.318 e. The molecule has 0 fully saturated rings. The van der Waals surface area contributed by atoms with E-state index in [2.05, 4.69) is 51.5 Å². The molecule has 4 aromatic carbocycles. The van der Waals surface area contributed by atoms with Gasteiger partial charge in [0.2, 0.25) is 0 Å². The SMILES string of the molecule is Cc1cc(C(=O)NN=Cc2c(-c3ccccc3)n(-c3ccccc3)c3ccccc23)c(C)n1-c1ccc(F)cc1. The van der Waals surface area contributed by atoms with E-state index in [0.717, 1.165) is 50.5 Å². The molecule has 1 N–H and O–H groups in total. The molecule has 1 amide bonds. The van der Waals surface area contributed by atoms with Gasteiger partial charge in [0.05, 0.1) is 23.0 Å². The van der Waals surface area contributed by atoms with Crippen molar-refractivity contribution in [3.05, 3.63) is 144 Å². The maximum absolute atomic E-state index is 13.5. The standard InChI is InChI=1S/C34H27FN4O/c1-23-21-30(24(2)38(23)28-19-17-26(35)18-20-28)34(40)37-36-22-31-29-15-9-10-16-32(29)39(27-13-7-4-8-14-27)33(31)25-11-5-3-6-12-25/h3-22H,1-2H3,(H,37,40). The lowest BCUT2D eigenvalue weighted by molar-refractivity contribution is 0.0954. The molecule has 0 radical (unpaired) electrons. The molecule has 6 heteroatoms. The summed E-state index contributed by atoms with van der Waals surface area (Å²) < 4.78 is 17.6. The van der Waals surface area contributed by atoms with Crippen molar-refractivity contribution in [2.24, 2.45) is 5.10 Å². The summed E-state index contributed by atoms with van der Waals surface area (Å²) in [6, 6.07) is 36.6. The minimum Gasteiger partial charge on any atom is -0.318 e. The number of amides is 1. The maximum atomic E-state index is 13.5. The fraction of sp³-hybridized carbons (Fsp3) is 0.0588. The summed E-state index contributed by atoms with van der Waals surface area (Å²) in [4.78, 5) is 13.2. The number of fused-ring (bicyclic) bond motifs is 1. The van der Waals surface area contributed by atoms with Gasteiger partial charge in [0.1, 0.15) is 5.82 Å². The molecular formula is C34H27FN4O. The van der Waals surface area contributed by atoms with E-state index in [1.165, 1.54) is 12.1 Å². The Bertz CT molecular complexity index is 1850. The number of aryl methyl sites for hydroxylation is 1.